The highest BCUT2D eigenvalue weighted by molar-refractivity contribution is 6.06. The minimum atomic E-state index is -0.363. The minimum Gasteiger partial charge on any atom is -0.317 e. The Bertz CT molecular complexity index is 763. The summed E-state index contributed by atoms with van der Waals surface area (Å²) >= 11 is 0. The fraction of sp³-hybridized carbons (Fsp3) is 0.438. The third-order valence-corrected chi connectivity index (χ3v) is 4.56. The molecule has 2 saturated heterocycles. The number of fused-ring (bicyclic) bond motifs is 1. The first-order valence-corrected chi connectivity index (χ1v) is 8.02. The van der Waals surface area contributed by atoms with Crippen LogP contribution in [0.1, 0.15) is 25.3 Å². The van der Waals surface area contributed by atoms with Crippen LogP contribution in [0.3, 0.4) is 0 Å². The quantitative estimate of drug-likeness (QED) is 0.878. The number of hydrogen-bond donors (Lipinski definition) is 2. The summed E-state index contributed by atoms with van der Waals surface area (Å²) in [5, 5.41) is 11.5. The summed E-state index contributed by atoms with van der Waals surface area (Å²) in [6.07, 6.45) is 4.57. The molecule has 0 saturated carbocycles. The van der Waals surface area contributed by atoms with Crippen molar-refractivity contribution in [3.8, 4) is 0 Å². The number of urea groups is 1. The summed E-state index contributed by atoms with van der Waals surface area (Å²) < 4.78 is 2.05. The Labute approximate surface area is 133 Å². The summed E-state index contributed by atoms with van der Waals surface area (Å²) in [6, 6.07) is 5.88. The molecule has 0 radical (unpaired) electrons. The second kappa shape index (κ2) is 5.66. The number of nitrogens with zero attached hydrogens (tertiary/aromatic N) is 3. The highest BCUT2D eigenvalue weighted by Gasteiger charge is 2.24. The first-order chi connectivity index (χ1) is 11.2. The molecule has 3 heterocycles. The molecule has 2 aliphatic rings. The summed E-state index contributed by atoms with van der Waals surface area (Å²) in [6.45, 7) is 2.45. The zero-order valence-electron chi connectivity index (χ0n) is 12.8. The Hall–Kier alpha value is -2.41. The molecule has 0 aliphatic carbocycles. The van der Waals surface area contributed by atoms with Crippen LogP contribution in [0.15, 0.2) is 24.4 Å². The SMILES string of the molecule is O=C1CCN(c2ccc3cn(C4CCNCC4)nc3c2)C(=O)N1. The lowest BCUT2D eigenvalue weighted by Gasteiger charge is -2.26. The van der Waals surface area contributed by atoms with Gasteiger partial charge in [-0.05, 0) is 44.1 Å². The largest absolute Gasteiger partial charge is 0.328 e. The molecular formula is C16H19N5O2. The van der Waals surface area contributed by atoms with Crippen LogP contribution in [0, 0.1) is 0 Å². The van der Waals surface area contributed by atoms with Gasteiger partial charge in [-0.3, -0.25) is 19.7 Å². The monoisotopic (exact) mass is 313 g/mol. The summed E-state index contributed by atoms with van der Waals surface area (Å²) in [7, 11) is 0. The van der Waals surface area contributed by atoms with E-state index < -0.39 is 0 Å². The average molecular weight is 313 g/mol. The lowest BCUT2D eigenvalue weighted by molar-refractivity contribution is -0.120. The van der Waals surface area contributed by atoms with E-state index in [1.165, 1.54) is 0 Å². The molecular weight excluding hydrogens is 294 g/mol. The average Bonchev–Trinajstić information content (AvgIpc) is 2.99. The Morgan fingerprint density at radius 2 is 2.00 bits per heavy atom. The molecule has 2 aliphatic heterocycles. The molecule has 7 nitrogen and oxygen atoms in total. The third-order valence-electron chi connectivity index (χ3n) is 4.56. The van der Waals surface area contributed by atoms with Gasteiger partial charge in [-0.15, -0.1) is 0 Å². The van der Waals surface area contributed by atoms with E-state index in [1.807, 2.05) is 18.2 Å². The molecule has 7 heteroatoms. The van der Waals surface area contributed by atoms with E-state index in [2.05, 4.69) is 21.5 Å². The molecule has 23 heavy (non-hydrogen) atoms. The van der Waals surface area contributed by atoms with Crippen LogP contribution in [-0.4, -0.2) is 41.4 Å². The van der Waals surface area contributed by atoms with E-state index in [9.17, 15) is 9.59 Å². The molecule has 1 aromatic heterocycles. The Kier molecular flexibility index (Phi) is 3.49. The number of carbonyl (C=O) groups is 2. The standard InChI is InChI=1S/C16H19N5O2/c22-15-5-8-20(16(23)18-15)13-2-1-11-10-21(19-14(11)9-13)12-3-6-17-7-4-12/h1-2,9-10,12,17H,3-8H2,(H,18,22,23). The van der Waals surface area contributed by atoms with Crippen LogP contribution >= 0.6 is 0 Å². The highest BCUT2D eigenvalue weighted by Crippen LogP contribution is 2.25. The van der Waals surface area contributed by atoms with Gasteiger partial charge in [0, 0.05) is 30.2 Å². The number of imide groups is 1. The van der Waals surface area contributed by atoms with Crippen molar-refractivity contribution >= 4 is 28.5 Å². The van der Waals surface area contributed by atoms with Crippen molar-refractivity contribution in [2.75, 3.05) is 24.5 Å². The second-order valence-electron chi connectivity index (χ2n) is 6.09. The fourth-order valence-corrected chi connectivity index (χ4v) is 3.26. The number of nitrogens with one attached hydrogen (secondary N) is 2. The number of anilines is 1. The van der Waals surface area contributed by atoms with Gasteiger partial charge in [0.1, 0.15) is 0 Å². The van der Waals surface area contributed by atoms with Crippen LogP contribution in [0.25, 0.3) is 10.9 Å². The maximum absolute atomic E-state index is 12.0. The van der Waals surface area contributed by atoms with Gasteiger partial charge in [0.25, 0.3) is 0 Å². The van der Waals surface area contributed by atoms with Crippen LogP contribution in [0.2, 0.25) is 0 Å². The molecule has 4 rings (SSSR count). The molecule has 0 atom stereocenters. The predicted octanol–water partition coefficient (Wildman–Crippen LogP) is 1.41. The number of rotatable bonds is 2. The summed E-state index contributed by atoms with van der Waals surface area (Å²) in [5.41, 5.74) is 1.66. The van der Waals surface area contributed by atoms with E-state index in [-0.39, 0.29) is 11.9 Å². The zero-order chi connectivity index (χ0) is 15.8. The Morgan fingerprint density at radius 1 is 1.17 bits per heavy atom. The lowest BCUT2D eigenvalue weighted by Crippen LogP contribution is -2.49. The number of piperidine rings is 1. The van der Waals surface area contributed by atoms with Gasteiger partial charge in [-0.2, -0.15) is 5.10 Å². The highest BCUT2D eigenvalue weighted by atomic mass is 16.2. The second-order valence-corrected chi connectivity index (χ2v) is 6.09. The topological polar surface area (TPSA) is 79.3 Å². The smallest absolute Gasteiger partial charge is 0.317 e. The molecule has 1 aromatic carbocycles. The molecule has 120 valence electrons. The number of hydrogen-bond acceptors (Lipinski definition) is 4. The maximum Gasteiger partial charge on any atom is 0.328 e. The first-order valence-electron chi connectivity index (χ1n) is 8.02. The zero-order valence-corrected chi connectivity index (χ0v) is 12.8. The van der Waals surface area contributed by atoms with Crippen molar-refractivity contribution < 1.29 is 9.59 Å². The molecule has 2 aromatic rings. The fourth-order valence-electron chi connectivity index (χ4n) is 3.26. The number of benzene rings is 1. The van der Waals surface area contributed by atoms with E-state index in [0.29, 0.717) is 19.0 Å². The number of amides is 3. The van der Waals surface area contributed by atoms with E-state index >= 15 is 0 Å². The van der Waals surface area contributed by atoms with Crippen molar-refractivity contribution in [2.45, 2.75) is 25.3 Å². The summed E-state index contributed by atoms with van der Waals surface area (Å²) in [4.78, 5) is 24.8. The summed E-state index contributed by atoms with van der Waals surface area (Å²) in [5.74, 6) is -0.220. The van der Waals surface area contributed by atoms with Crippen LogP contribution in [-0.2, 0) is 4.79 Å². The van der Waals surface area contributed by atoms with E-state index in [4.69, 9.17) is 5.10 Å². The van der Waals surface area contributed by atoms with Gasteiger partial charge >= 0.3 is 6.03 Å². The number of carbonyl (C=O) groups excluding carboxylic acids is 2. The van der Waals surface area contributed by atoms with E-state index in [0.717, 1.165) is 42.5 Å². The number of aromatic nitrogens is 2. The van der Waals surface area contributed by atoms with Gasteiger partial charge < -0.3 is 5.32 Å². The normalized spacial score (nSPS) is 20.1. The molecule has 3 amide bonds. The maximum atomic E-state index is 12.0. The lowest BCUT2D eigenvalue weighted by atomic mass is 10.1. The first kappa shape index (κ1) is 14.2. The van der Waals surface area contributed by atoms with Gasteiger partial charge in [-0.1, -0.05) is 0 Å². The minimum absolute atomic E-state index is 0.220. The van der Waals surface area contributed by atoms with Crippen LogP contribution in [0.4, 0.5) is 10.5 Å². The third kappa shape index (κ3) is 2.68. The van der Waals surface area contributed by atoms with Crippen LogP contribution in [0.5, 0.6) is 0 Å². The Morgan fingerprint density at radius 3 is 2.78 bits per heavy atom. The van der Waals surface area contributed by atoms with Crippen molar-refractivity contribution in [3.63, 3.8) is 0 Å². The molecule has 2 fully saturated rings. The predicted molar refractivity (Wildman–Crippen MR) is 86.4 cm³/mol. The molecule has 0 unspecified atom stereocenters. The van der Waals surface area contributed by atoms with Gasteiger partial charge in [0.15, 0.2) is 0 Å². The molecule has 0 spiro atoms. The van der Waals surface area contributed by atoms with E-state index in [1.54, 1.807) is 4.90 Å². The van der Waals surface area contributed by atoms with Crippen molar-refractivity contribution in [3.05, 3.63) is 24.4 Å². The van der Waals surface area contributed by atoms with Crippen molar-refractivity contribution in [1.29, 1.82) is 0 Å². The molecule has 0 bridgehead atoms. The van der Waals surface area contributed by atoms with Gasteiger partial charge in [0.2, 0.25) is 5.91 Å². The van der Waals surface area contributed by atoms with Crippen molar-refractivity contribution in [1.82, 2.24) is 20.4 Å². The van der Waals surface area contributed by atoms with Gasteiger partial charge in [0.05, 0.1) is 11.6 Å². The van der Waals surface area contributed by atoms with Crippen molar-refractivity contribution in [2.24, 2.45) is 0 Å². The Balaban J connectivity index is 1.62. The van der Waals surface area contributed by atoms with Crippen LogP contribution < -0.4 is 15.5 Å². The molecule has 2 N–H and O–H groups in total. The van der Waals surface area contributed by atoms with Gasteiger partial charge in [-0.25, -0.2) is 4.79 Å².